The first-order valence-electron chi connectivity index (χ1n) is 14.9. The summed E-state index contributed by atoms with van der Waals surface area (Å²) in [5.41, 5.74) is 6.73. The molecule has 0 saturated heterocycles. The Morgan fingerprint density at radius 3 is 1.67 bits per heavy atom. The Balaban J connectivity index is 1.81. The van der Waals surface area contributed by atoms with Crippen LogP contribution < -0.4 is 0 Å². The molecule has 0 heterocycles. The molecule has 1 aliphatic rings. The predicted molar refractivity (Wildman–Crippen MR) is 166 cm³/mol. The van der Waals surface area contributed by atoms with Crippen molar-refractivity contribution < 1.29 is 28.8 Å². The molecule has 226 valence electrons. The number of fused-ring (bicyclic) bond motifs is 3. The Morgan fingerprint density at radius 2 is 1.19 bits per heavy atom. The van der Waals surface area contributed by atoms with E-state index >= 15 is 0 Å². The minimum absolute atomic E-state index is 0.0740. The molecule has 0 radical (unpaired) electrons. The summed E-state index contributed by atoms with van der Waals surface area (Å²) >= 11 is 0. The van der Waals surface area contributed by atoms with Crippen molar-refractivity contribution in [2.45, 2.75) is 71.3 Å². The number of carbonyl (C=O) groups excluding carboxylic acids is 1. The van der Waals surface area contributed by atoms with Crippen LogP contribution >= 0.6 is 0 Å². The van der Waals surface area contributed by atoms with E-state index in [2.05, 4.69) is 84.9 Å². The van der Waals surface area contributed by atoms with Gasteiger partial charge in [0.2, 0.25) is 0 Å². The van der Waals surface area contributed by atoms with Crippen LogP contribution in [-0.2, 0) is 40.4 Å². The van der Waals surface area contributed by atoms with Crippen molar-refractivity contribution in [3.05, 3.63) is 94.0 Å². The number of ether oxygens (including phenoxy) is 3. The smallest absolute Gasteiger partial charge is 0.337 e. The van der Waals surface area contributed by atoms with E-state index in [0.717, 1.165) is 40.8 Å². The summed E-state index contributed by atoms with van der Waals surface area (Å²) in [6.07, 6.45) is 0.983. The van der Waals surface area contributed by atoms with Crippen molar-refractivity contribution in [2.24, 2.45) is 0 Å². The fourth-order valence-electron chi connectivity index (χ4n) is 5.32. The molecule has 0 atom stereocenters. The first-order valence-corrected chi connectivity index (χ1v) is 14.9. The molecule has 0 bridgehead atoms. The monoisotopic (exact) mass is 574 g/mol. The first-order chi connectivity index (χ1) is 19.9. The fourth-order valence-corrected chi connectivity index (χ4v) is 5.32. The summed E-state index contributed by atoms with van der Waals surface area (Å²) in [7, 11) is 1.39. The number of rotatable bonds is 12. The maximum Gasteiger partial charge on any atom is 0.337 e. The zero-order valence-corrected chi connectivity index (χ0v) is 26.5. The summed E-state index contributed by atoms with van der Waals surface area (Å²) in [4.78, 5) is 24.9. The molecule has 42 heavy (non-hydrogen) atoms. The van der Waals surface area contributed by atoms with E-state index in [9.17, 15) is 4.79 Å². The molecule has 0 spiro atoms. The zero-order chi connectivity index (χ0) is 30.5. The summed E-state index contributed by atoms with van der Waals surface area (Å²) < 4.78 is 16.2. The van der Waals surface area contributed by atoms with Gasteiger partial charge in [-0.2, -0.15) is 0 Å². The van der Waals surface area contributed by atoms with Crippen LogP contribution in [0, 0.1) is 0 Å². The average molecular weight is 575 g/mol. The summed E-state index contributed by atoms with van der Waals surface area (Å²) in [6.45, 7) is 17.7. The van der Waals surface area contributed by atoms with Crippen LogP contribution in [0.15, 0.2) is 60.7 Å². The molecule has 0 aliphatic heterocycles. The van der Waals surface area contributed by atoms with Gasteiger partial charge in [0.05, 0.1) is 32.5 Å². The Bertz CT molecular complexity index is 1300. The summed E-state index contributed by atoms with van der Waals surface area (Å²) in [6, 6.07) is 20.7. The number of esters is 1. The maximum atomic E-state index is 12.3. The van der Waals surface area contributed by atoms with E-state index in [1.54, 1.807) is 12.1 Å². The van der Waals surface area contributed by atoms with Crippen LogP contribution in [0.25, 0.3) is 11.1 Å². The molecule has 6 nitrogen and oxygen atoms in total. The standard InChI is InChI=1S/C36H46O6/c1-9-18-39-19-20-40-21-22-41-42-36(26-12-10-25(11-13-26)33(37)38-8)31-23-27(34(2,3)4)14-16-29(31)30-17-15-28(24-32(30)36)35(5,6)7/h10-17,23-24H,9,18-22H2,1-8H3. The second-order valence-corrected chi connectivity index (χ2v) is 12.9. The van der Waals surface area contributed by atoms with Gasteiger partial charge in [-0.25, -0.2) is 14.6 Å². The molecule has 3 aromatic carbocycles. The van der Waals surface area contributed by atoms with Gasteiger partial charge in [0.25, 0.3) is 0 Å². The quantitative estimate of drug-likeness (QED) is 0.0955. The van der Waals surface area contributed by atoms with Gasteiger partial charge in [-0.15, -0.1) is 0 Å². The van der Waals surface area contributed by atoms with Gasteiger partial charge < -0.3 is 14.2 Å². The zero-order valence-electron chi connectivity index (χ0n) is 26.5. The van der Waals surface area contributed by atoms with E-state index in [1.807, 2.05) is 12.1 Å². The average Bonchev–Trinajstić information content (AvgIpc) is 3.24. The lowest BCUT2D eigenvalue weighted by molar-refractivity contribution is -0.347. The van der Waals surface area contributed by atoms with Gasteiger partial charge >= 0.3 is 5.97 Å². The van der Waals surface area contributed by atoms with Gasteiger partial charge in [0.1, 0.15) is 6.61 Å². The van der Waals surface area contributed by atoms with Crippen LogP contribution in [0.4, 0.5) is 0 Å². The molecular weight excluding hydrogens is 528 g/mol. The molecule has 0 N–H and O–H groups in total. The van der Waals surface area contributed by atoms with E-state index < -0.39 is 5.60 Å². The third-order valence-electron chi connectivity index (χ3n) is 7.75. The van der Waals surface area contributed by atoms with Crippen molar-refractivity contribution in [3.8, 4) is 11.1 Å². The molecule has 0 saturated carbocycles. The fraction of sp³-hybridized carbons (Fsp3) is 0.472. The van der Waals surface area contributed by atoms with Crippen LogP contribution in [0.3, 0.4) is 0 Å². The number of methoxy groups -OCH3 is 1. The highest BCUT2D eigenvalue weighted by Gasteiger charge is 2.48. The van der Waals surface area contributed by atoms with Gasteiger partial charge in [-0.3, -0.25) is 0 Å². The Hall–Kier alpha value is -3.03. The molecule has 0 amide bonds. The summed E-state index contributed by atoms with van der Waals surface area (Å²) in [5.74, 6) is -0.384. The van der Waals surface area contributed by atoms with Crippen molar-refractivity contribution in [3.63, 3.8) is 0 Å². The second kappa shape index (κ2) is 13.1. The molecule has 1 aliphatic carbocycles. The summed E-state index contributed by atoms with van der Waals surface area (Å²) in [5, 5.41) is 0. The Labute approximate surface area is 251 Å². The SMILES string of the molecule is CCCOCCOCCOOC1(c2ccc(C(=O)OC)cc2)c2cc(C(C)(C)C)ccc2-c2ccc(C(C)(C)C)cc21. The van der Waals surface area contributed by atoms with E-state index in [-0.39, 0.29) is 23.4 Å². The minimum atomic E-state index is -1.06. The molecule has 3 aromatic rings. The molecule has 0 aromatic heterocycles. The molecular formula is C36H46O6. The highest BCUT2D eigenvalue weighted by Crippen LogP contribution is 2.55. The van der Waals surface area contributed by atoms with E-state index in [4.69, 9.17) is 24.0 Å². The third-order valence-corrected chi connectivity index (χ3v) is 7.75. The first kappa shape index (κ1) is 31.9. The lowest BCUT2D eigenvalue weighted by Crippen LogP contribution is -2.32. The number of hydrogen-bond donors (Lipinski definition) is 0. The highest BCUT2D eigenvalue weighted by atomic mass is 17.2. The van der Waals surface area contributed by atoms with Crippen LogP contribution in [-0.4, -0.2) is 46.1 Å². The Morgan fingerprint density at radius 1 is 0.690 bits per heavy atom. The minimum Gasteiger partial charge on any atom is -0.465 e. The second-order valence-electron chi connectivity index (χ2n) is 12.9. The molecule has 6 heteroatoms. The highest BCUT2D eigenvalue weighted by molar-refractivity contribution is 5.89. The lowest BCUT2D eigenvalue weighted by Gasteiger charge is -2.33. The van der Waals surface area contributed by atoms with Gasteiger partial charge in [0, 0.05) is 17.7 Å². The Kier molecular flexibility index (Phi) is 9.94. The number of benzene rings is 3. The largest absolute Gasteiger partial charge is 0.465 e. The molecule has 4 rings (SSSR count). The molecule has 0 fully saturated rings. The van der Waals surface area contributed by atoms with Crippen LogP contribution in [0.2, 0.25) is 0 Å². The topological polar surface area (TPSA) is 63.2 Å². The van der Waals surface area contributed by atoms with Gasteiger partial charge in [-0.05, 0) is 57.2 Å². The lowest BCUT2D eigenvalue weighted by atomic mass is 9.78. The van der Waals surface area contributed by atoms with E-state index in [1.165, 1.54) is 18.2 Å². The van der Waals surface area contributed by atoms with Gasteiger partial charge in [-0.1, -0.05) is 97.0 Å². The van der Waals surface area contributed by atoms with Crippen molar-refractivity contribution in [1.29, 1.82) is 0 Å². The van der Waals surface area contributed by atoms with Crippen LogP contribution in [0.5, 0.6) is 0 Å². The normalized spacial score (nSPS) is 14.0. The third kappa shape index (κ3) is 6.63. The van der Waals surface area contributed by atoms with Crippen molar-refractivity contribution in [1.82, 2.24) is 0 Å². The number of carbonyl (C=O) groups is 1. The van der Waals surface area contributed by atoms with Crippen molar-refractivity contribution in [2.75, 3.05) is 40.1 Å². The maximum absolute atomic E-state index is 12.3. The van der Waals surface area contributed by atoms with E-state index in [0.29, 0.717) is 25.4 Å². The van der Waals surface area contributed by atoms with Crippen LogP contribution in [0.1, 0.15) is 93.1 Å². The van der Waals surface area contributed by atoms with Gasteiger partial charge in [0.15, 0.2) is 5.60 Å². The number of hydrogen-bond acceptors (Lipinski definition) is 6. The molecule has 0 unspecified atom stereocenters. The predicted octanol–water partition coefficient (Wildman–Crippen LogP) is 7.73. The van der Waals surface area contributed by atoms with Crippen molar-refractivity contribution >= 4 is 5.97 Å².